The Bertz CT molecular complexity index is 852. The molecule has 1 amide bonds. The van der Waals surface area contributed by atoms with Crippen molar-refractivity contribution in [3.63, 3.8) is 0 Å². The maximum Gasteiger partial charge on any atom is 0.233 e. The van der Waals surface area contributed by atoms with Crippen LogP contribution >= 0.6 is 11.8 Å². The van der Waals surface area contributed by atoms with Gasteiger partial charge in [0.05, 0.1) is 10.8 Å². The predicted molar refractivity (Wildman–Crippen MR) is 97.9 cm³/mol. The summed E-state index contributed by atoms with van der Waals surface area (Å²) in [5.74, 6) is 0.720. The molecule has 0 fully saturated rings. The van der Waals surface area contributed by atoms with Crippen LogP contribution in [0.1, 0.15) is 18.3 Å². The molecular formula is C19H19N3OS. The SMILES string of the molecule is Cc1nc(S[C@@H](C)C(=O)NCc2ccccc2)c2ccccc2n1. The molecule has 0 aliphatic carbocycles. The van der Waals surface area contributed by atoms with Crippen molar-refractivity contribution in [1.82, 2.24) is 15.3 Å². The molecule has 1 aromatic heterocycles. The lowest BCUT2D eigenvalue weighted by molar-refractivity contribution is -0.120. The Kier molecular flexibility index (Phi) is 5.11. The Hall–Kier alpha value is -2.40. The molecule has 1 atom stereocenters. The lowest BCUT2D eigenvalue weighted by atomic mass is 10.2. The molecule has 5 heteroatoms. The number of benzene rings is 2. The maximum atomic E-state index is 12.4. The number of aryl methyl sites for hydroxylation is 1. The third-order valence-corrected chi connectivity index (χ3v) is 4.75. The number of amides is 1. The van der Waals surface area contributed by atoms with E-state index >= 15 is 0 Å². The van der Waals surface area contributed by atoms with Crippen molar-refractivity contribution in [2.75, 3.05) is 0 Å². The van der Waals surface area contributed by atoms with Gasteiger partial charge in [-0.2, -0.15) is 0 Å². The van der Waals surface area contributed by atoms with E-state index < -0.39 is 0 Å². The smallest absolute Gasteiger partial charge is 0.233 e. The zero-order chi connectivity index (χ0) is 16.9. The first-order chi connectivity index (χ1) is 11.6. The Morgan fingerprint density at radius 1 is 1.08 bits per heavy atom. The molecule has 0 aliphatic rings. The van der Waals surface area contributed by atoms with Crippen molar-refractivity contribution in [2.24, 2.45) is 0 Å². The molecule has 0 unspecified atom stereocenters. The third kappa shape index (κ3) is 3.92. The fourth-order valence-electron chi connectivity index (χ4n) is 2.40. The zero-order valence-corrected chi connectivity index (χ0v) is 14.5. The average molecular weight is 337 g/mol. The van der Waals surface area contributed by atoms with Crippen LogP contribution in [0.3, 0.4) is 0 Å². The normalized spacial score (nSPS) is 12.1. The molecule has 3 rings (SSSR count). The molecule has 4 nitrogen and oxygen atoms in total. The number of carbonyl (C=O) groups excluding carboxylic acids is 1. The van der Waals surface area contributed by atoms with Gasteiger partial charge >= 0.3 is 0 Å². The predicted octanol–water partition coefficient (Wildman–Crippen LogP) is 3.74. The Balaban J connectivity index is 1.70. The van der Waals surface area contributed by atoms with Crippen LogP contribution in [0.2, 0.25) is 0 Å². The van der Waals surface area contributed by atoms with Gasteiger partial charge in [0.1, 0.15) is 10.9 Å². The van der Waals surface area contributed by atoms with Crippen LogP contribution < -0.4 is 5.32 Å². The van der Waals surface area contributed by atoms with Crippen LogP contribution in [-0.4, -0.2) is 21.1 Å². The first-order valence-electron chi connectivity index (χ1n) is 7.85. The molecule has 1 heterocycles. The van der Waals surface area contributed by atoms with Gasteiger partial charge in [-0.3, -0.25) is 4.79 Å². The number of fused-ring (bicyclic) bond motifs is 1. The Morgan fingerprint density at radius 2 is 1.79 bits per heavy atom. The van der Waals surface area contributed by atoms with Crippen molar-refractivity contribution in [3.05, 3.63) is 66.0 Å². The summed E-state index contributed by atoms with van der Waals surface area (Å²) >= 11 is 1.47. The molecule has 0 bridgehead atoms. The number of hydrogen-bond acceptors (Lipinski definition) is 4. The molecule has 0 radical (unpaired) electrons. The fraction of sp³-hybridized carbons (Fsp3) is 0.211. The monoisotopic (exact) mass is 337 g/mol. The van der Waals surface area contributed by atoms with E-state index in [0.29, 0.717) is 12.4 Å². The second-order valence-electron chi connectivity index (χ2n) is 5.56. The van der Waals surface area contributed by atoms with Crippen LogP contribution in [0.4, 0.5) is 0 Å². The summed E-state index contributed by atoms with van der Waals surface area (Å²) in [4.78, 5) is 21.3. The van der Waals surface area contributed by atoms with Crippen LogP contribution in [-0.2, 0) is 11.3 Å². The van der Waals surface area contributed by atoms with Gasteiger partial charge in [0.15, 0.2) is 0 Å². The molecule has 0 aliphatic heterocycles. The number of nitrogens with zero attached hydrogens (tertiary/aromatic N) is 2. The van der Waals surface area contributed by atoms with E-state index in [1.54, 1.807) is 0 Å². The van der Waals surface area contributed by atoms with Crippen LogP contribution in [0.25, 0.3) is 10.9 Å². The molecular weight excluding hydrogens is 318 g/mol. The standard InChI is InChI=1S/C19H19N3OS/c1-13(18(23)20-12-15-8-4-3-5-9-15)24-19-16-10-6-7-11-17(16)21-14(2)22-19/h3-11,13H,12H2,1-2H3,(H,20,23)/t13-/m0/s1. The van der Waals surface area contributed by atoms with Crippen molar-refractivity contribution < 1.29 is 4.79 Å². The van der Waals surface area contributed by atoms with Crippen molar-refractivity contribution in [2.45, 2.75) is 30.7 Å². The molecule has 1 N–H and O–H groups in total. The van der Waals surface area contributed by atoms with Crippen molar-refractivity contribution in [3.8, 4) is 0 Å². The van der Waals surface area contributed by atoms with Crippen LogP contribution in [0.15, 0.2) is 59.6 Å². The molecule has 3 aromatic rings. The average Bonchev–Trinajstić information content (AvgIpc) is 2.60. The number of rotatable bonds is 5. The van der Waals surface area contributed by atoms with Gasteiger partial charge in [-0.15, -0.1) is 0 Å². The number of nitrogens with one attached hydrogen (secondary N) is 1. The molecule has 2 aromatic carbocycles. The Labute approximate surface area is 145 Å². The number of carbonyl (C=O) groups is 1. The summed E-state index contributed by atoms with van der Waals surface area (Å²) in [6.45, 7) is 4.31. The molecule has 0 spiro atoms. The largest absolute Gasteiger partial charge is 0.351 e. The first-order valence-corrected chi connectivity index (χ1v) is 8.73. The summed E-state index contributed by atoms with van der Waals surface area (Å²) in [7, 11) is 0. The first kappa shape index (κ1) is 16.5. The molecule has 122 valence electrons. The topological polar surface area (TPSA) is 54.9 Å². The van der Waals surface area contributed by atoms with Crippen molar-refractivity contribution >= 4 is 28.6 Å². The number of para-hydroxylation sites is 1. The van der Waals surface area contributed by atoms with Gasteiger partial charge in [0, 0.05) is 11.9 Å². The summed E-state index contributed by atoms with van der Waals surface area (Å²) in [5.41, 5.74) is 2.00. The number of aromatic nitrogens is 2. The molecule has 0 saturated heterocycles. The highest BCUT2D eigenvalue weighted by Crippen LogP contribution is 2.28. The quantitative estimate of drug-likeness (QED) is 0.569. The van der Waals surface area contributed by atoms with E-state index in [1.807, 2.05) is 68.4 Å². The van der Waals surface area contributed by atoms with E-state index in [-0.39, 0.29) is 11.2 Å². The van der Waals surface area contributed by atoms with Crippen LogP contribution in [0, 0.1) is 6.92 Å². The second kappa shape index (κ2) is 7.45. The zero-order valence-electron chi connectivity index (χ0n) is 13.7. The van der Waals surface area contributed by atoms with Gasteiger partial charge in [0.2, 0.25) is 5.91 Å². The van der Waals surface area contributed by atoms with E-state index in [0.717, 1.165) is 21.5 Å². The maximum absolute atomic E-state index is 12.4. The van der Waals surface area contributed by atoms with E-state index in [9.17, 15) is 4.79 Å². The number of thioether (sulfide) groups is 1. The highest BCUT2D eigenvalue weighted by atomic mass is 32.2. The highest BCUT2D eigenvalue weighted by Gasteiger charge is 2.17. The molecule has 24 heavy (non-hydrogen) atoms. The number of hydrogen-bond donors (Lipinski definition) is 1. The van der Waals surface area contributed by atoms with Gasteiger partial charge < -0.3 is 5.32 Å². The highest BCUT2D eigenvalue weighted by molar-refractivity contribution is 8.00. The molecule has 0 saturated carbocycles. The second-order valence-corrected chi connectivity index (χ2v) is 6.89. The lowest BCUT2D eigenvalue weighted by Gasteiger charge is -2.13. The van der Waals surface area contributed by atoms with Crippen molar-refractivity contribution in [1.29, 1.82) is 0 Å². The lowest BCUT2D eigenvalue weighted by Crippen LogP contribution is -2.30. The minimum Gasteiger partial charge on any atom is -0.351 e. The minimum atomic E-state index is -0.230. The summed E-state index contributed by atoms with van der Waals surface area (Å²) < 4.78 is 0. The van der Waals surface area contributed by atoms with Gasteiger partial charge in [0.25, 0.3) is 0 Å². The summed E-state index contributed by atoms with van der Waals surface area (Å²) in [5, 5.41) is 4.58. The van der Waals surface area contributed by atoms with Gasteiger partial charge in [-0.1, -0.05) is 60.3 Å². The third-order valence-electron chi connectivity index (χ3n) is 3.65. The minimum absolute atomic E-state index is 0.00389. The summed E-state index contributed by atoms with van der Waals surface area (Å²) in [6, 6.07) is 17.8. The Morgan fingerprint density at radius 3 is 2.58 bits per heavy atom. The summed E-state index contributed by atoms with van der Waals surface area (Å²) in [6.07, 6.45) is 0. The van der Waals surface area contributed by atoms with Crippen LogP contribution in [0.5, 0.6) is 0 Å². The fourth-order valence-corrected chi connectivity index (χ4v) is 3.41. The van der Waals surface area contributed by atoms with E-state index in [2.05, 4.69) is 15.3 Å². The van der Waals surface area contributed by atoms with Gasteiger partial charge in [-0.25, -0.2) is 9.97 Å². The van der Waals surface area contributed by atoms with Gasteiger partial charge in [-0.05, 0) is 25.5 Å². The van der Waals surface area contributed by atoms with E-state index in [4.69, 9.17) is 0 Å². The van der Waals surface area contributed by atoms with E-state index in [1.165, 1.54) is 11.8 Å².